The van der Waals surface area contributed by atoms with Gasteiger partial charge < -0.3 is 25.0 Å². The summed E-state index contributed by atoms with van der Waals surface area (Å²) in [7, 11) is 1.61. The van der Waals surface area contributed by atoms with Crippen molar-refractivity contribution in [2.75, 3.05) is 63.3 Å². The Balaban J connectivity index is 1.75. The lowest BCUT2D eigenvalue weighted by molar-refractivity contribution is -0.119. The van der Waals surface area contributed by atoms with Crippen LogP contribution in [0.1, 0.15) is 0 Å². The molecule has 0 spiro atoms. The van der Waals surface area contributed by atoms with E-state index in [1.807, 2.05) is 12.1 Å². The number of hydrogen-bond acceptors (Lipinski definition) is 5. The van der Waals surface area contributed by atoms with Gasteiger partial charge in [0.15, 0.2) is 0 Å². The van der Waals surface area contributed by atoms with Crippen LogP contribution in [0.4, 0.5) is 11.4 Å². The summed E-state index contributed by atoms with van der Waals surface area (Å²) in [4.78, 5) is 13.9. The molecule has 6 nitrogen and oxygen atoms in total. The molecule has 0 radical (unpaired) electrons. The van der Waals surface area contributed by atoms with Crippen molar-refractivity contribution < 1.29 is 14.3 Å². The Morgan fingerprint density at radius 3 is 2.67 bits per heavy atom. The summed E-state index contributed by atoms with van der Waals surface area (Å²) in [6, 6.07) is 8.12. The fourth-order valence-corrected chi connectivity index (χ4v) is 2.15. The Labute approximate surface area is 125 Å². The van der Waals surface area contributed by atoms with E-state index >= 15 is 0 Å². The lowest BCUT2D eigenvalue weighted by Gasteiger charge is -2.28. The minimum absolute atomic E-state index is 0.0377. The molecule has 116 valence electrons. The van der Waals surface area contributed by atoms with Crippen molar-refractivity contribution in [1.29, 1.82) is 0 Å². The number of ether oxygens (including phenoxy) is 2. The van der Waals surface area contributed by atoms with Gasteiger partial charge in [-0.05, 0) is 24.3 Å². The molecule has 0 bridgehead atoms. The first-order chi connectivity index (χ1) is 10.3. The standard InChI is InChI=1S/C15H23N3O3/c1-20-9-6-16-15(19)12-17-13-2-4-14(5-3-13)18-7-10-21-11-8-18/h2-5,17H,6-12H2,1H3,(H,16,19). The number of nitrogens with one attached hydrogen (secondary N) is 2. The van der Waals surface area contributed by atoms with E-state index in [1.54, 1.807) is 7.11 Å². The molecule has 0 saturated carbocycles. The molecule has 2 N–H and O–H groups in total. The Morgan fingerprint density at radius 2 is 2.00 bits per heavy atom. The zero-order valence-electron chi connectivity index (χ0n) is 12.4. The van der Waals surface area contributed by atoms with E-state index in [1.165, 1.54) is 5.69 Å². The van der Waals surface area contributed by atoms with Crippen molar-refractivity contribution in [3.05, 3.63) is 24.3 Å². The third-order valence-electron chi connectivity index (χ3n) is 3.32. The molecule has 6 heteroatoms. The Hall–Kier alpha value is -1.79. The zero-order chi connectivity index (χ0) is 14.9. The summed E-state index contributed by atoms with van der Waals surface area (Å²) in [5.41, 5.74) is 2.13. The molecule has 1 aliphatic rings. The fraction of sp³-hybridized carbons (Fsp3) is 0.533. The molecule has 2 rings (SSSR count). The van der Waals surface area contributed by atoms with Crippen LogP contribution >= 0.6 is 0 Å². The molecule has 1 aromatic carbocycles. The van der Waals surface area contributed by atoms with Crippen LogP contribution in [-0.2, 0) is 14.3 Å². The monoisotopic (exact) mass is 293 g/mol. The van der Waals surface area contributed by atoms with E-state index in [9.17, 15) is 4.79 Å². The van der Waals surface area contributed by atoms with Gasteiger partial charge in [0.2, 0.25) is 5.91 Å². The second-order valence-corrected chi connectivity index (χ2v) is 4.84. The predicted octanol–water partition coefficient (Wildman–Crippen LogP) is 0.698. The first-order valence-electron chi connectivity index (χ1n) is 7.22. The van der Waals surface area contributed by atoms with Gasteiger partial charge in [-0.2, -0.15) is 0 Å². The first kappa shape index (κ1) is 15.6. The summed E-state index contributed by atoms with van der Waals surface area (Å²) in [5, 5.41) is 5.87. The number of carbonyl (C=O) groups is 1. The Bertz CT molecular complexity index is 430. The highest BCUT2D eigenvalue weighted by Gasteiger charge is 2.10. The van der Waals surface area contributed by atoms with Crippen LogP contribution in [-0.4, -0.2) is 59.0 Å². The molecular weight excluding hydrogens is 270 g/mol. The summed E-state index contributed by atoms with van der Waals surface area (Å²) in [5.74, 6) is -0.0377. The van der Waals surface area contributed by atoms with Crippen molar-refractivity contribution in [2.45, 2.75) is 0 Å². The normalized spacial score (nSPS) is 14.8. The molecule has 1 amide bonds. The van der Waals surface area contributed by atoms with Gasteiger partial charge in [-0.25, -0.2) is 0 Å². The van der Waals surface area contributed by atoms with E-state index in [0.29, 0.717) is 13.2 Å². The van der Waals surface area contributed by atoms with E-state index in [4.69, 9.17) is 9.47 Å². The third kappa shape index (κ3) is 5.24. The smallest absolute Gasteiger partial charge is 0.239 e. The topological polar surface area (TPSA) is 62.8 Å². The number of rotatable bonds is 7. The molecule has 0 aliphatic carbocycles. The van der Waals surface area contributed by atoms with Crippen LogP contribution in [0.2, 0.25) is 0 Å². The van der Waals surface area contributed by atoms with Gasteiger partial charge in [-0.1, -0.05) is 0 Å². The SMILES string of the molecule is COCCNC(=O)CNc1ccc(N2CCOCC2)cc1. The van der Waals surface area contributed by atoms with Crippen molar-refractivity contribution in [1.82, 2.24) is 5.32 Å². The van der Waals surface area contributed by atoms with Crippen molar-refractivity contribution >= 4 is 17.3 Å². The molecular formula is C15H23N3O3. The molecule has 1 aromatic rings. The van der Waals surface area contributed by atoms with E-state index in [-0.39, 0.29) is 12.5 Å². The third-order valence-corrected chi connectivity index (χ3v) is 3.32. The van der Waals surface area contributed by atoms with Gasteiger partial charge in [0.05, 0.1) is 26.4 Å². The number of nitrogens with zero attached hydrogens (tertiary/aromatic N) is 1. The van der Waals surface area contributed by atoms with Crippen LogP contribution in [0.25, 0.3) is 0 Å². The quantitative estimate of drug-likeness (QED) is 0.725. The number of benzene rings is 1. The van der Waals surface area contributed by atoms with Crippen LogP contribution in [0.3, 0.4) is 0 Å². The lowest BCUT2D eigenvalue weighted by Crippen LogP contribution is -2.36. The number of methoxy groups -OCH3 is 1. The first-order valence-corrected chi connectivity index (χ1v) is 7.22. The molecule has 0 unspecified atom stereocenters. The van der Waals surface area contributed by atoms with Crippen LogP contribution in [0.15, 0.2) is 24.3 Å². The number of hydrogen-bond donors (Lipinski definition) is 2. The minimum Gasteiger partial charge on any atom is -0.383 e. The maximum Gasteiger partial charge on any atom is 0.239 e. The van der Waals surface area contributed by atoms with Crippen molar-refractivity contribution in [2.24, 2.45) is 0 Å². The molecule has 1 aliphatic heterocycles. The van der Waals surface area contributed by atoms with Crippen LogP contribution in [0, 0.1) is 0 Å². The summed E-state index contributed by atoms with van der Waals surface area (Å²) in [6.07, 6.45) is 0. The van der Waals surface area contributed by atoms with E-state index in [2.05, 4.69) is 27.7 Å². The maximum atomic E-state index is 11.6. The number of morpholine rings is 1. The molecule has 1 saturated heterocycles. The highest BCUT2D eigenvalue weighted by atomic mass is 16.5. The molecule has 0 aromatic heterocycles. The van der Waals surface area contributed by atoms with Crippen LogP contribution < -0.4 is 15.5 Å². The highest BCUT2D eigenvalue weighted by molar-refractivity contribution is 5.80. The van der Waals surface area contributed by atoms with Gasteiger partial charge in [-0.3, -0.25) is 4.79 Å². The number of amides is 1. The summed E-state index contributed by atoms with van der Waals surface area (Å²) in [6.45, 7) is 4.74. The van der Waals surface area contributed by atoms with E-state index < -0.39 is 0 Å². The highest BCUT2D eigenvalue weighted by Crippen LogP contribution is 2.18. The van der Waals surface area contributed by atoms with Gasteiger partial charge in [0, 0.05) is 38.1 Å². The molecule has 1 heterocycles. The largest absolute Gasteiger partial charge is 0.383 e. The van der Waals surface area contributed by atoms with Gasteiger partial charge in [0.1, 0.15) is 0 Å². The Kier molecular flexibility index (Phi) is 6.30. The molecule has 1 fully saturated rings. The van der Waals surface area contributed by atoms with Crippen LogP contribution in [0.5, 0.6) is 0 Å². The van der Waals surface area contributed by atoms with Crippen molar-refractivity contribution in [3.8, 4) is 0 Å². The second-order valence-electron chi connectivity index (χ2n) is 4.84. The lowest BCUT2D eigenvalue weighted by atomic mass is 10.2. The molecule has 21 heavy (non-hydrogen) atoms. The fourth-order valence-electron chi connectivity index (χ4n) is 2.15. The maximum absolute atomic E-state index is 11.6. The summed E-state index contributed by atoms with van der Waals surface area (Å²) >= 11 is 0. The van der Waals surface area contributed by atoms with Crippen molar-refractivity contribution in [3.63, 3.8) is 0 Å². The van der Waals surface area contributed by atoms with E-state index in [0.717, 1.165) is 32.0 Å². The van der Waals surface area contributed by atoms with Gasteiger partial charge >= 0.3 is 0 Å². The molecule has 0 atom stereocenters. The zero-order valence-corrected chi connectivity index (χ0v) is 12.4. The summed E-state index contributed by atoms with van der Waals surface area (Å²) < 4.78 is 10.2. The average Bonchev–Trinajstić information content (AvgIpc) is 2.54. The number of carbonyl (C=O) groups excluding carboxylic acids is 1. The predicted molar refractivity (Wildman–Crippen MR) is 82.8 cm³/mol. The van der Waals surface area contributed by atoms with Gasteiger partial charge in [0.25, 0.3) is 0 Å². The van der Waals surface area contributed by atoms with Gasteiger partial charge in [-0.15, -0.1) is 0 Å². The minimum atomic E-state index is -0.0377. The second kappa shape index (κ2) is 8.49. The Morgan fingerprint density at radius 1 is 1.29 bits per heavy atom. The number of anilines is 2. The average molecular weight is 293 g/mol.